The fourth-order valence-electron chi connectivity index (χ4n) is 15.8. The van der Waals surface area contributed by atoms with Gasteiger partial charge in [0.05, 0.1) is 0 Å². The van der Waals surface area contributed by atoms with Crippen molar-refractivity contribution in [3.63, 3.8) is 0 Å². The first-order chi connectivity index (χ1) is 66.3. The summed E-state index contributed by atoms with van der Waals surface area (Å²) in [6, 6.07) is 96.7. The van der Waals surface area contributed by atoms with E-state index in [1.54, 1.807) is 80.7 Å². The second kappa shape index (κ2) is 42.5. The Hall–Kier alpha value is -12.4. The van der Waals surface area contributed by atoms with Gasteiger partial charge in [-0.15, -0.1) is 0 Å². The number of amides is 8. The van der Waals surface area contributed by atoms with Crippen LogP contribution < -0.4 is 19.6 Å². The third-order valence-corrected chi connectivity index (χ3v) is 35.0. The first-order valence-electron chi connectivity index (χ1n) is 42.6. The first-order valence-corrected chi connectivity index (χ1v) is 52.6. The molecule has 19 rings (SSSR count). The summed E-state index contributed by atoms with van der Waals surface area (Å²) >= 11 is 45.6. The normalized spacial score (nSPS) is 14.2. The molecule has 8 heterocycles. The average Bonchev–Trinajstić information content (AvgIpc) is 1.80. The molecule has 4 saturated heterocycles. The molecule has 4 aliphatic rings. The molecule has 0 spiro atoms. The van der Waals surface area contributed by atoms with Crippen LogP contribution in [0.1, 0.15) is 28.9 Å². The molecule has 32 heteroatoms. The van der Waals surface area contributed by atoms with E-state index in [0.717, 1.165) is 114 Å². The van der Waals surface area contributed by atoms with Gasteiger partial charge < -0.3 is 0 Å². The molecule has 11 aromatic carbocycles. The molecule has 0 aliphatic carbocycles. The number of likely N-dealkylation sites (N-methyl/N-ethyl adjacent to an activating group) is 8. The number of rotatable bonds is 16. The van der Waals surface area contributed by atoms with Crippen LogP contribution in [0, 0.1) is 13.8 Å². The number of carbonyl (C=O) groups is 8. The number of anilines is 12. The molecule has 15 aromatic rings. The number of hydrogen-bond acceptors (Lipinski definition) is 16. The first kappa shape index (κ1) is 98.7. The zero-order valence-corrected chi connectivity index (χ0v) is 88.6. The molecular formula is C106H82Cl4N12O8S4Se4. The Morgan fingerprint density at radius 2 is 0.486 bits per heavy atom. The number of fused-ring (bicyclic) bond motifs is 3. The molecule has 0 saturated carbocycles. The molecule has 690 valence electrons. The van der Waals surface area contributed by atoms with Gasteiger partial charge in [0.2, 0.25) is 0 Å². The molecule has 0 atom stereocenters. The van der Waals surface area contributed by atoms with E-state index in [0.29, 0.717) is 20.1 Å². The Morgan fingerprint density at radius 3 is 0.804 bits per heavy atom. The second-order valence-corrected chi connectivity index (χ2v) is 44.2. The fraction of sp³-hybridized carbons (Fsp3) is 0.0943. The predicted molar refractivity (Wildman–Crippen MR) is 579 cm³/mol. The van der Waals surface area contributed by atoms with E-state index in [1.807, 2.05) is 206 Å². The number of nitrogens with zero attached hydrogens (tertiary/aromatic N) is 12. The maximum atomic E-state index is 12.8. The molecule has 138 heavy (non-hydrogen) atoms. The molecule has 8 amide bonds. The molecule has 0 bridgehead atoms. The van der Waals surface area contributed by atoms with Gasteiger partial charge in [-0.3, -0.25) is 0 Å². The van der Waals surface area contributed by atoms with Gasteiger partial charge in [-0.1, -0.05) is 0 Å². The van der Waals surface area contributed by atoms with Crippen molar-refractivity contribution in [3.05, 3.63) is 362 Å². The van der Waals surface area contributed by atoms with Crippen molar-refractivity contribution >= 4 is 341 Å². The minimum absolute atomic E-state index is 0.0901. The van der Waals surface area contributed by atoms with Crippen LogP contribution in [-0.4, -0.2) is 221 Å². The summed E-state index contributed by atoms with van der Waals surface area (Å²) in [4.78, 5) is 122. The summed E-state index contributed by atoms with van der Waals surface area (Å²) in [5.41, 5.74) is 11.1. The van der Waals surface area contributed by atoms with Crippen molar-refractivity contribution in [2.75, 3.05) is 76.0 Å². The van der Waals surface area contributed by atoms with Crippen molar-refractivity contribution in [3.8, 4) is 0 Å². The summed E-state index contributed by atoms with van der Waals surface area (Å²) in [7, 11) is 12.7. The number of para-hydroxylation sites is 3. The standard InChI is InChI=1S/C27H19Cl2N3O2SSe.2C27H20ClN3O2SSe.C25H23N3O2SSe/c1-30-25(33)21(26(34)31(2)27(30)35)15-18-11-14-24(36-18)32(17-9-7-16(28)8-10-17)23-13-12-22(29)19-5-3-4-6-20(19)23;1-29-25(32)22(26(33)30(2)27(29)34)16-20-14-15-24(35-20)31(19-12-10-18(28)11-13-19)23-9-5-7-17-6-3-4-8-21(17)23;1-29-25(32)21(26(33)30(2)27(29)34)16-18-12-15-24(35-18)31(17-8-4-3-5-9-17)23-14-13-22(28)19-10-6-7-11-20(19)23;1-16-9-5-7-11-20(16)28(21-12-8-6-10-17(21)2)22-14-13-18(32-22)15-19-23(29)26(3)25(31)27(4)24(19)30/h3-15H,1-2H3;2*3-16H,1-2H3;5-15H,1-4H3. The molecule has 4 aliphatic heterocycles. The molecule has 0 radical (unpaired) electrons. The van der Waals surface area contributed by atoms with Gasteiger partial charge in [0, 0.05) is 0 Å². The van der Waals surface area contributed by atoms with Crippen LogP contribution in [-0.2, 0) is 38.4 Å². The van der Waals surface area contributed by atoms with E-state index in [1.165, 1.54) is 50.3 Å². The molecule has 4 fully saturated rings. The third-order valence-electron chi connectivity index (χ3n) is 23.1. The third kappa shape index (κ3) is 20.3. The predicted octanol–water partition coefficient (Wildman–Crippen LogP) is 21.9. The van der Waals surface area contributed by atoms with Crippen molar-refractivity contribution in [2.45, 2.75) is 13.8 Å². The van der Waals surface area contributed by atoms with Crippen molar-refractivity contribution in [1.29, 1.82) is 0 Å². The van der Waals surface area contributed by atoms with Gasteiger partial charge in [0.15, 0.2) is 0 Å². The Kier molecular flexibility index (Phi) is 30.4. The zero-order valence-electron chi connectivity index (χ0n) is 75.4. The van der Waals surface area contributed by atoms with Crippen LogP contribution in [0.3, 0.4) is 0 Å². The van der Waals surface area contributed by atoms with Crippen LogP contribution in [0.5, 0.6) is 0 Å². The van der Waals surface area contributed by atoms with E-state index in [2.05, 4.69) is 118 Å². The fourth-order valence-corrected chi connectivity index (χ4v) is 25.4. The van der Waals surface area contributed by atoms with Gasteiger partial charge in [-0.05, 0) is 0 Å². The molecule has 0 N–H and O–H groups in total. The number of thiocarbonyl (C=S) groups is 4. The summed E-state index contributed by atoms with van der Waals surface area (Å²) in [6.45, 7) is 4.21. The second-order valence-electron chi connectivity index (χ2n) is 31.9. The van der Waals surface area contributed by atoms with Crippen molar-refractivity contribution < 1.29 is 38.4 Å². The minimum atomic E-state index is -0.397. The summed E-state index contributed by atoms with van der Waals surface area (Å²) in [6.07, 6.45) is 6.80. The van der Waals surface area contributed by atoms with Crippen LogP contribution in [0.2, 0.25) is 20.1 Å². The SMILES string of the molecule is CN1C(=O)C(=Cc2ccc(N(c3ccc(Cl)cc3)c3ccc(Cl)c4ccccc34)[se]2)C(=O)N(C)C1=S.CN1C(=O)C(=Cc2ccc(N(c3ccc(Cl)cc3)c3cccc4ccccc34)[se]2)C(=O)N(C)C1=S.CN1C(=O)C(=Cc2ccc(N(c3ccccc3)c3ccc(Cl)c4ccccc34)[se]2)C(=O)N(C)C1=S.Cc1ccccc1N(c1ccc(C=C2C(=O)N(C)C(=S)N(C)C2=O)[se]1)c1ccccc1C. The van der Waals surface area contributed by atoms with Gasteiger partial charge in [-0.25, -0.2) is 0 Å². The quantitative estimate of drug-likeness (QED) is 0.0386. The van der Waals surface area contributed by atoms with E-state index in [-0.39, 0.29) is 136 Å². The zero-order chi connectivity index (χ0) is 97.9. The Bertz CT molecular complexity index is 7370. The van der Waals surface area contributed by atoms with Gasteiger partial charge >= 0.3 is 871 Å². The monoisotopic (exact) mass is 2240 g/mol. The summed E-state index contributed by atoms with van der Waals surface area (Å²) < 4.78 is 8.06. The molecule has 0 unspecified atom stereocenters. The Morgan fingerprint density at radius 1 is 0.239 bits per heavy atom. The Balaban J connectivity index is 0.000000133. The number of benzene rings is 11. The number of hydrogen-bond donors (Lipinski definition) is 0. The van der Waals surface area contributed by atoms with Crippen LogP contribution in [0.4, 0.5) is 63.7 Å². The van der Waals surface area contributed by atoms with E-state index < -0.39 is 11.8 Å². The topological polar surface area (TPSA) is 175 Å². The van der Waals surface area contributed by atoms with Crippen LogP contribution in [0.15, 0.2) is 313 Å². The van der Waals surface area contributed by atoms with Crippen molar-refractivity contribution in [1.82, 2.24) is 39.2 Å². The van der Waals surface area contributed by atoms with E-state index in [4.69, 9.17) is 95.3 Å². The molecular weight excluding hydrogens is 2160 g/mol. The van der Waals surface area contributed by atoms with Crippen molar-refractivity contribution in [2.24, 2.45) is 0 Å². The van der Waals surface area contributed by atoms with Crippen LogP contribution in [0.25, 0.3) is 56.6 Å². The van der Waals surface area contributed by atoms with Gasteiger partial charge in [0.1, 0.15) is 0 Å². The summed E-state index contributed by atoms with van der Waals surface area (Å²) in [5.74, 6) is -3.05. The van der Waals surface area contributed by atoms with E-state index >= 15 is 0 Å². The number of aryl methyl sites for hydroxylation is 2. The summed E-state index contributed by atoms with van der Waals surface area (Å²) in [5, 5.41) is 9.77. The van der Waals surface area contributed by atoms with Crippen LogP contribution >= 0.6 is 95.3 Å². The Labute approximate surface area is 862 Å². The maximum absolute atomic E-state index is 12.8. The molecule has 20 nitrogen and oxygen atoms in total. The number of halogens is 4. The molecule has 4 aromatic heterocycles. The van der Waals surface area contributed by atoms with Gasteiger partial charge in [0.25, 0.3) is 0 Å². The van der Waals surface area contributed by atoms with E-state index in [9.17, 15) is 38.4 Å². The number of carbonyl (C=O) groups excluding carboxylic acids is 8. The average molecular weight is 2240 g/mol. The van der Waals surface area contributed by atoms with Gasteiger partial charge in [-0.2, -0.15) is 0 Å².